The molecule has 2 heterocycles. The maximum atomic E-state index is 12.5. The Morgan fingerprint density at radius 3 is 2.57 bits per heavy atom. The van der Waals surface area contributed by atoms with Crippen molar-refractivity contribution < 1.29 is 9.53 Å². The van der Waals surface area contributed by atoms with Crippen LogP contribution in [0.15, 0.2) is 91.4 Å². The van der Waals surface area contributed by atoms with Crippen LogP contribution >= 0.6 is 0 Å². The maximum Gasteiger partial charge on any atom is 0.251 e. The molecule has 138 valence electrons. The first-order valence-electron chi connectivity index (χ1n) is 8.84. The maximum absolute atomic E-state index is 12.5. The van der Waals surface area contributed by atoms with Crippen molar-refractivity contribution in [2.24, 2.45) is 0 Å². The van der Waals surface area contributed by atoms with E-state index in [4.69, 9.17) is 4.74 Å². The molecule has 0 saturated heterocycles. The lowest BCUT2D eigenvalue weighted by molar-refractivity contribution is 0.0950. The molecule has 0 bridgehead atoms. The van der Waals surface area contributed by atoms with E-state index in [1.54, 1.807) is 35.3 Å². The molecule has 0 saturated carbocycles. The van der Waals surface area contributed by atoms with Crippen molar-refractivity contribution in [2.45, 2.75) is 6.54 Å². The third-order valence-corrected chi connectivity index (χ3v) is 4.08. The lowest BCUT2D eigenvalue weighted by Crippen LogP contribution is -2.22. The molecule has 6 heteroatoms. The molecule has 2 aromatic carbocycles. The van der Waals surface area contributed by atoms with Gasteiger partial charge < -0.3 is 10.1 Å². The second-order valence-electron chi connectivity index (χ2n) is 6.10. The number of hydrogen-bond donors (Lipinski definition) is 1. The molecule has 0 radical (unpaired) electrons. The first kappa shape index (κ1) is 17.5. The molecule has 28 heavy (non-hydrogen) atoms. The minimum absolute atomic E-state index is 0.172. The van der Waals surface area contributed by atoms with E-state index in [0.717, 1.165) is 17.1 Å². The van der Waals surface area contributed by atoms with Gasteiger partial charge in [0.1, 0.15) is 11.5 Å². The molecular formula is C22H18N4O2. The first-order valence-corrected chi connectivity index (χ1v) is 8.84. The van der Waals surface area contributed by atoms with Crippen molar-refractivity contribution in [2.75, 3.05) is 0 Å². The number of aromatic nitrogens is 3. The summed E-state index contributed by atoms with van der Waals surface area (Å²) in [6.07, 6.45) is 5.26. The Balaban J connectivity index is 1.38. The second-order valence-corrected chi connectivity index (χ2v) is 6.10. The number of hydrogen-bond acceptors (Lipinski definition) is 4. The fourth-order valence-electron chi connectivity index (χ4n) is 2.67. The predicted molar refractivity (Wildman–Crippen MR) is 105 cm³/mol. The van der Waals surface area contributed by atoms with Crippen molar-refractivity contribution in [3.63, 3.8) is 0 Å². The normalized spacial score (nSPS) is 10.4. The van der Waals surface area contributed by atoms with E-state index in [2.05, 4.69) is 15.4 Å². The lowest BCUT2D eigenvalue weighted by atomic mass is 10.2. The Kier molecular flexibility index (Phi) is 5.11. The Morgan fingerprint density at radius 1 is 0.964 bits per heavy atom. The number of nitrogens with one attached hydrogen (secondary N) is 1. The van der Waals surface area contributed by atoms with E-state index >= 15 is 0 Å². The van der Waals surface area contributed by atoms with Crippen LogP contribution in [0.25, 0.3) is 5.82 Å². The summed E-state index contributed by atoms with van der Waals surface area (Å²) in [6.45, 7) is 0.384. The van der Waals surface area contributed by atoms with E-state index in [1.165, 1.54) is 0 Å². The number of para-hydroxylation sites is 1. The van der Waals surface area contributed by atoms with Crippen LogP contribution in [0.1, 0.15) is 15.9 Å². The summed E-state index contributed by atoms with van der Waals surface area (Å²) in [5, 5.41) is 7.04. The zero-order chi connectivity index (χ0) is 19.2. The van der Waals surface area contributed by atoms with Crippen molar-refractivity contribution in [3.8, 4) is 17.3 Å². The van der Waals surface area contributed by atoms with E-state index in [9.17, 15) is 4.79 Å². The minimum atomic E-state index is -0.172. The summed E-state index contributed by atoms with van der Waals surface area (Å²) in [7, 11) is 0. The number of rotatable bonds is 6. The Hall–Kier alpha value is -3.93. The molecular weight excluding hydrogens is 352 g/mol. The van der Waals surface area contributed by atoms with Crippen LogP contribution in [-0.2, 0) is 6.54 Å². The van der Waals surface area contributed by atoms with Gasteiger partial charge in [0.15, 0.2) is 5.82 Å². The van der Waals surface area contributed by atoms with Crippen LogP contribution in [-0.4, -0.2) is 20.7 Å². The van der Waals surface area contributed by atoms with E-state index in [1.807, 2.05) is 60.8 Å². The zero-order valence-electron chi connectivity index (χ0n) is 15.0. The molecule has 0 atom stereocenters. The smallest absolute Gasteiger partial charge is 0.251 e. The second kappa shape index (κ2) is 8.18. The highest BCUT2D eigenvalue weighted by atomic mass is 16.5. The van der Waals surface area contributed by atoms with Crippen molar-refractivity contribution >= 4 is 5.91 Å². The fraction of sp³-hybridized carbons (Fsp3) is 0.0455. The fourth-order valence-corrected chi connectivity index (χ4v) is 2.67. The number of pyridine rings is 1. The van der Waals surface area contributed by atoms with Gasteiger partial charge in [0, 0.05) is 30.7 Å². The molecule has 0 aliphatic rings. The number of benzene rings is 2. The monoisotopic (exact) mass is 370 g/mol. The third-order valence-electron chi connectivity index (χ3n) is 4.08. The topological polar surface area (TPSA) is 69.0 Å². The van der Waals surface area contributed by atoms with Gasteiger partial charge in [0.05, 0.1) is 0 Å². The summed E-state index contributed by atoms with van der Waals surface area (Å²) in [5.41, 5.74) is 1.44. The quantitative estimate of drug-likeness (QED) is 0.557. The van der Waals surface area contributed by atoms with Crippen LogP contribution in [0.3, 0.4) is 0 Å². The Morgan fingerprint density at radius 2 is 1.82 bits per heavy atom. The molecule has 0 aliphatic carbocycles. The number of nitrogens with zero attached hydrogens (tertiary/aromatic N) is 3. The van der Waals surface area contributed by atoms with Gasteiger partial charge in [-0.1, -0.05) is 30.3 Å². The van der Waals surface area contributed by atoms with Crippen LogP contribution < -0.4 is 10.1 Å². The minimum Gasteiger partial charge on any atom is -0.457 e. The Bertz CT molecular complexity index is 1050. The summed E-state index contributed by atoms with van der Waals surface area (Å²) in [5.74, 6) is 1.90. The molecule has 0 fully saturated rings. The van der Waals surface area contributed by atoms with E-state index in [0.29, 0.717) is 17.9 Å². The highest BCUT2D eigenvalue weighted by molar-refractivity contribution is 5.94. The lowest BCUT2D eigenvalue weighted by Gasteiger charge is -2.09. The molecule has 4 rings (SSSR count). The zero-order valence-corrected chi connectivity index (χ0v) is 15.0. The molecule has 0 spiro atoms. The van der Waals surface area contributed by atoms with E-state index in [-0.39, 0.29) is 5.91 Å². The predicted octanol–water partition coefficient (Wildman–Crippen LogP) is 3.99. The summed E-state index contributed by atoms with van der Waals surface area (Å²) >= 11 is 0. The van der Waals surface area contributed by atoms with Gasteiger partial charge in [-0.3, -0.25) is 4.79 Å². The van der Waals surface area contributed by atoms with Gasteiger partial charge in [-0.2, -0.15) is 5.10 Å². The summed E-state index contributed by atoms with van der Waals surface area (Å²) in [4.78, 5) is 16.8. The highest BCUT2D eigenvalue weighted by Gasteiger charge is 2.08. The van der Waals surface area contributed by atoms with Crippen LogP contribution in [0.2, 0.25) is 0 Å². The highest BCUT2D eigenvalue weighted by Crippen LogP contribution is 2.21. The van der Waals surface area contributed by atoms with Gasteiger partial charge in [-0.25, -0.2) is 9.67 Å². The van der Waals surface area contributed by atoms with Gasteiger partial charge in [0.2, 0.25) is 0 Å². The van der Waals surface area contributed by atoms with Crippen molar-refractivity contribution in [1.29, 1.82) is 0 Å². The molecule has 1 amide bonds. The molecule has 0 aliphatic heterocycles. The largest absolute Gasteiger partial charge is 0.457 e. The molecule has 4 aromatic rings. The van der Waals surface area contributed by atoms with Crippen molar-refractivity contribution in [3.05, 3.63) is 103 Å². The van der Waals surface area contributed by atoms with E-state index < -0.39 is 0 Å². The van der Waals surface area contributed by atoms with Crippen LogP contribution in [0.5, 0.6) is 11.5 Å². The standard InChI is InChI=1S/C22H18N4O2/c27-22(18-6-4-9-20(14-18)28-19-7-2-1-3-8-19)24-16-17-10-11-21(23-15-17)26-13-5-12-25-26/h1-15H,16H2,(H,24,27). The Labute approximate surface area is 162 Å². The van der Waals surface area contributed by atoms with Crippen LogP contribution in [0.4, 0.5) is 0 Å². The summed E-state index contributed by atoms with van der Waals surface area (Å²) in [6, 6.07) is 22.2. The SMILES string of the molecule is O=C(NCc1ccc(-n2cccn2)nc1)c1cccc(Oc2ccccc2)c1. The number of amides is 1. The summed E-state index contributed by atoms with van der Waals surface area (Å²) < 4.78 is 7.46. The van der Waals surface area contributed by atoms with Crippen molar-refractivity contribution in [1.82, 2.24) is 20.1 Å². The number of ether oxygens (including phenoxy) is 1. The molecule has 2 aromatic heterocycles. The third kappa shape index (κ3) is 4.24. The molecule has 6 nitrogen and oxygen atoms in total. The average molecular weight is 370 g/mol. The first-order chi connectivity index (χ1) is 13.8. The number of carbonyl (C=O) groups excluding carboxylic acids is 1. The molecule has 1 N–H and O–H groups in total. The number of carbonyl (C=O) groups is 1. The van der Waals surface area contributed by atoms with Gasteiger partial charge >= 0.3 is 0 Å². The van der Waals surface area contributed by atoms with Gasteiger partial charge in [-0.05, 0) is 48.0 Å². The van der Waals surface area contributed by atoms with Gasteiger partial charge in [-0.15, -0.1) is 0 Å². The molecule has 0 unspecified atom stereocenters. The average Bonchev–Trinajstić information content (AvgIpc) is 3.28. The van der Waals surface area contributed by atoms with Gasteiger partial charge in [0.25, 0.3) is 5.91 Å². The van der Waals surface area contributed by atoms with Crippen LogP contribution in [0, 0.1) is 0 Å².